The van der Waals surface area contributed by atoms with Gasteiger partial charge in [-0.3, -0.25) is 0 Å². The van der Waals surface area contributed by atoms with Gasteiger partial charge in [-0.05, 0) is 27.7 Å². The summed E-state index contributed by atoms with van der Waals surface area (Å²) in [4.78, 5) is 19.6. The number of morpholine rings is 1. The van der Waals surface area contributed by atoms with Crippen LogP contribution in [0.3, 0.4) is 0 Å². The van der Waals surface area contributed by atoms with Gasteiger partial charge in [-0.1, -0.05) is 0 Å². The molecule has 0 bridgehead atoms. The van der Waals surface area contributed by atoms with E-state index < -0.39 is 0 Å². The molecule has 0 aromatic carbocycles. The van der Waals surface area contributed by atoms with Crippen LogP contribution in [0.1, 0.15) is 35.5 Å². The average Bonchev–Trinajstić information content (AvgIpc) is 2.69. The molecular formula is C13H21N3O2S. The van der Waals surface area contributed by atoms with Crippen molar-refractivity contribution in [3.8, 4) is 0 Å². The number of ether oxygens (including phenoxy) is 1. The van der Waals surface area contributed by atoms with Gasteiger partial charge in [0.25, 0.3) is 0 Å². The largest absolute Gasteiger partial charge is 0.377 e. The summed E-state index contributed by atoms with van der Waals surface area (Å²) in [5.41, 5.74) is 1.00. The summed E-state index contributed by atoms with van der Waals surface area (Å²) in [6.45, 7) is 9.86. The predicted octanol–water partition coefficient (Wildman–Crippen LogP) is 2.25. The van der Waals surface area contributed by atoms with Crippen LogP contribution >= 0.6 is 11.3 Å². The number of amides is 2. The Bertz CT molecular complexity index is 461. The van der Waals surface area contributed by atoms with Gasteiger partial charge < -0.3 is 15.0 Å². The van der Waals surface area contributed by atoms with Crippen LogP contribution in [-0.2, 0) is 4.74 Å². The van der Waals surface area contributed by atoms with Gasteiger partial charge in [0.05, 0.1) is 36.0 Å². The van der Waals surface area contributed by atoms with Crippen molar-refractivity contribution in [3.63, 3.8) is 0 Å². The Morgan fingerprint density at radius 2 is 2.32 bits per heavy atom. The molecule has 5 nitrogen and oxygen atoms in total. The maximum Gasteiger partial charge on any atom is 0.318 e. The maximum atomic E-state index is 12.3. The maximum absolute atomic E-state index is 12.3. The smallest absolute Gasteiger partial charge is 0.318 e. The molecule has 6 heteroatoms. The Balaban J connectivity index is 2.00. The van der Waals surface area contributed by atoms with E-state index >= 15 is 0 Å². The lowest BCUT2D eigenvalue weighted by Gasteiger charge is -2.34. The third-order valence-corrected chi connectivity index (χ3v) is 4.56. The molecule has 1 N–H and O–H groups in total. The third-order valence-electron chi connectivity index (χ3n) is 3.30. The topological polar surface area (TPSA) is 54.5 Å². The number of aromatic nitrogens is 1. The number of carbonyl (C=O) groups is 1. The summed E-state index contributed by atoms with van der Waals surface area (Å²) in [7, 11) is 0. The minimum atomic E-state index is -0.0197. The molecule has 1 aromatic rings. The van der Waals surface area contributed by atoms with E-state index in [1.807, 2.05) is 32.6 Å². The first-order chi connectivity index (χ1) is 8.99. The highest BCUT2D eigenvalue weighted by molar-refractivity contribution is 7.11. The van der Waals surface area contributed by atoms with E-state index in [9.17, 15) is 4.79 Å². The van der Waals surface area contributed by atoms with Crippen molar-refractivity contribution in [2.24, 2.45) is 0 Å². The van der Waals surface area contributed by atoms with Gasteiger partial charge in [0.1, 0.15) is 0 Å². The molecule has 2 atom stereocenters. The SMILES string of the molecule is Cc1nc(C)c([C@H](C)NC(=O)N2CCOC[C@H]2C)s1. The summed E-state index contributed by atoms with van der Waals surface area (Å²) in [5, 5.41) is 4.09. The van der Waals surface area contributed by atoms with E-state index in [1.54, 1.807) is 11.3 Å². The van der Waals surface area contributed by atoms with Crippen LogP contribution < -0.4 is 5.32 Å². The van der Waals surface area contributed by atoms with Gasteiger partial charge in [-0.15, -0.1) is 11.3 Å². The minimum absolute atomic E-state index is 0.00579. The molecule has 1 aliphatic rings. The van der Waals surface area contributed by atoms with Crippen molar-refractivity contribution in [1.82, 2.24) is 15.2 Å². The highest BCUT2D eigenvalue weighted by atomic mass is 32.1. The molecule has 2 rings (SSSR count). The third kappa shape index (κ3) is 3.25. The first-order valence-electron chi connectivity index (χ1n) is 6.58. The molecule has 0 spiro atoms. The van der Waals surface area contributed by atoms with Crippen LogP contribution in [0.5, 0.6) is 0 Å². The first kappa shape index (κ1) is 14.3. The molecule has 106 valence electrons. The quantitative estimate of drug-likeness (QED) is 0.905. The fourth-order valence-corrected chi connectivity index (χ4v) is 3.24. The van der Waals surface area contributed by atoms with Crippen molar-refractivity contribution in [1.29, 1.82) is 0 Å². The van der Waals surface area contributed by atoms with Gasteiger partial charge in [-0.25, -0.2) is 9.78 Å². The van der Waals surface area contributed by atoms with Gasteiger partial charge in [-0.2, -0.15) is 0 Å². The van der Waals surface area contributed by atoms with Crippen LogP contribution in [0.2, 0.25) is 0 Å². The van der Waals surface area contributed by atoms with Gasteiger partial charge >= 0.3 is 6.03 Å². The molecule has 19 heavy (non-hydrogen) atoms. The van der Waals surface area contributed by atoms with Gasteiger partial charge in [0.2, 0.25) is 0 Å². The normalized spacial score (nSPS) is 21.3. The summed E-state index contributed by atoms with van der Waals surface area (Å²) < 4.78 is 5.34. The Morgan fingerprint density at radius 1 is 1.58 bits per heavy atom. The van der Waals surface area contributed by atoms with Crippen LogP contribution in [-0.4, -0.2) is 41.7 Å². The molecule has 0 unspecified atom stereocenters. The molecular weight excluding hydrogens is 262 g/mol. The van der Waals surface area contributed by atoms with E-state index in [0.29, 0.717) is 19.8 Å². The van der Waals surface area contributed by atoms with Gasteiger partial charge in [0.15, 0.2) is 0 Å². The molecule has 1 fully saturated rings. The van der Waals surface area contributed by atoms with Crippen LogP contribution in [0, 0.1) is 13.8 Å². The molecule has 1 saturated heterocycles. The van der Waals surface area contributed by atoms with Crippen LogP contribution in [0.4, 0.5) is 4.79 Å². The highest BCUT2D eigenvalue weighted by Crippen LogP contribution is 2.24. The number of nitrogens with one attached hydrogen (secondary N) is 1. The number of thiazole rings is 1. The van der Waals surface area contributed by atoms with Crippen molar-refractivity contribution in [2.45, 2.75) is 39.8 Å². The van der Waals surface area contributed by atoms with E-state index in [-0.39, 0.29) is 18.1 Å². The Kier molecular flexibility index (Phi) is 4.42. The second-order valence-electron chi connectivity index (χ2n) is 4.97. The molecule has 0 aliphatic carbocycles. The van der Waals surface area contributed by atoms with Crippen LogP contribution in [0.15, 0.2) is 0 Å². The summed E-state index contributed by atoms with van der Waals surface area (Å²) in [6, 6.07) is 0.104. The lowest BCUT2D eigenvalue weighted by Crippen LogP contribution is -2.51. The van der Waals surface area contributed by atoms with Gasteiger partial charge in [0, 0.05) is 11.4 Å². The zero-order valence-corrected chi connectivity index (χ0v) is 12.7. The van der Waals surface area contributed by atoms with Crippen molar-refractivity contribution in [2.75, 3.05) is 19.8 Å². The second-order valence-corrected chi connectivity index (χ2v) is 6.21. The van der Waals surface area contributed by atoms with Crippen molar-refractivity contribution < 1.29 is 9.53 Å². The standard InChI is InChI=1S/C13H21N3O2S/c1-8-7-18-6-5-16(8)13(17)15-10(3)12-9(2)14-11(4)19-12/h8,10H,5-7H2,1-4H3,(H,15,17)/t8-,10+/m1/s1. The van der Waals surface area contributed by atoms with Crippen LogP contribution in [0.25, 0.3) is 0 Å². The molecule has 0 saturated carbocycles. The molecule has 2 amide bonds. The number of nitrogens with zero attached hydrogens (tertiary/aromatic N) is 2. The zero-order valence-electron chi connectivity index (χ0n) is 11.9. The number of rotatable bonds is 2. The molecule has 1 aromatic heterocycles. The van der Waals surface area contributed by atoms with E-state index in [1.165, 1.54) is 0 Å². The summed E-state index contributed by atoms with van der Waals surface area (Å²) in [6.07, 6.45) is 0. The number of hydrogen-bond acceptors (Lipinski definition) is 4. The summed E-state index contributed by atoms with van der Waals surface area (Å²) >= 11 is 1.64. The molecule has 1 aliphatic heterocycles. The Hall–Kier alpha value is -1.14. The fourth-order valence-electron chi connectivity index (χ4n) is 2.31. The number of urea groups is 1. The Morgan fingerprint density at radius 3 is 2.89 bits per heavy atom. The molecule has 0 radical (unpaired) electrons. The minimum Gasteiger partial charge on any atom is -0.377 e. The zero-order chi connectivity index (χ0) is 14.0. The Labute approximate surface area is 118 Å². The lowest BCUT2D eigenvalue weighted by molar-refractivity contribution is 0.0185. The molecule has 2 heterocycles. The first-order valence-corrected chi connectivity index (χ1v) is 7.39. The van der Waals surface area contributed by atoms with Crippen molar-refractivity contribution >= 4 is 17.4 Å². The predicted molar refractivity (Wildman–Crippen MR) is 75.5 cm³/mol. The number of carbonyl (C=O) groups excluding carboxylic acids is 1. The van der Waals surface area contributed by atoms with E-state index in [4.69, 9.17) is 4.74 Å². The van der Waals surface area contributed by atoms with Crippen molar-refractivity contribution in [3.05, 3.63) is 15.6 Å². The second kappa shape index (κ2) is 5.88. The highest BCUT2D eigenvalue weighted by Gasteiger charge is 2.25. The average molecular weight is 283 g/mol. The number of aryl methyl sites for hydroxylation is 2. The van der Waals surface area contributed by atoms with E-state index in [2.05, 4.69) is 10.3 Å². The lowest BCUT2D eigenvalue weighted by atomic mass is 10.2. The monoisotopic (exact) mass is 283 g/mol. The fraction of sp³-hybridized carbons (Fsp3) is 0.692. The van der Waals surface area contributed by atoms with E-state index in [0.717, 1.165) is 15.6 Å². The summed E-state index contributed by atoms with van der Waals surface area (Å²) in [5.74, 6) is 0. The number of hydrogen-bond donors (Lipinski definition) is 1.